The van der Waals surface area contributed by atoms with Crippen LogP contribution in [0.3, 0.4) is 0 Å². The van der Waals surface area contributed by atoms with Crippen molar-refractivity contribution in [1.29, 1.82) is 0 Å². The Balaban J connectivity index is 1.82. The van der Waals surface area contributed by atoms with E-state index in [1.807, 2.05) is 0 Å². The number of nitrogens with one attached hydrogen (secondary N) is 1. The van der Waals surface area contributed by atoms with Gasteiger partial charge in [-0.3, -0.25) is 14.3 Å². The van der Waals surface area contributed by atoms with Crippen LogP contribution in [0, 0.1) is 18.6 Å². The van der Waals surface area contributed by atoms with Gasteiger partial charge in [-0.25, -0.2) is 13.5 Å². The van der Waals surface area contributed by atoms with Gasteiger partial charge >= 0.3 is 0 Å². The van der Waals surface area contributed by atoms with Gasteiger partial charge in [0.05, 0.1) is 28.8 Å². The molecule has 0 radical (unpaired) electrons. The van der Waals surface area contributed by atoms with Gasteiger partial charge in [0.15, 0.2) is 0 Å². The van der Waals surface area contributed by atoms with Crippen LogP contribution in [0.15, 0.2) is 29.2 Å². The number of carbonyl (C=O) groups excluding carboxylic acids is 1. The lowest BCUT2D eigenvalue weighted by atomic mass is 10.1. The summed E-state index contributed by atoms with van der Waals surface area (Å²) < 4.78 is 30.1. The molecular formula is C17H17F2N5O2. The molecule has 0 spiro atoms. The number of carbonyl (C=O) groups is 1. The van der Waals surface area contributed by atoms with E-state index in [9.17, 15) is 18.4 Å². The standard InChI is InChI=1S/C17H17F2N5O2/c1-9(15-11(18)5-4-6-12(15)19)21-14(25)8-24-17(26)16-10(2)22-23(3)13(16)7-20-24/h4-7,9H,8H2,1-3H3,(H,21,25)/t9-/m0/s1. The minimum atomic E-state index is -0.900. The van der Waals surface area contributed by atoms with Crippen LogP contribution in [0.1, 0.15) is 24.2 Å². The molecule has 1 amide bonds. The largest absolute Gasteiger partial charge is 0.348 e. The van der Waals surface area contributed by atoms with Gasteiger partial charge in [-0.15, -0.1) is 0 Å². The number of rotatable bonds is 4. The van der Waals surface area contributed by atoms with E-state index in [1.165, 1.54) is 23.9 Å². The van der Waals surface area contributed by atoms with Crippen LogP contribution in [-0.4, -0.2) is 25.5 Å². The zero-order chi connectivity index (χ0) is 19.0. The summed E-state index contributed by atoms with van der Waals surface area (Å²) in [6.07, 6.45) is 1.45. The third kappa shape index (κ3) is 3.07. The highest BCUT2D eigenvalue weighted by atomic mass is 19.1. The SMILES string of the molecule is Cc1nn(C)c2cnn(CC(=O)N[C@@H](C)c3c(F)cccc3F)c(=O)c12. The second-order valence-corrected chi connectivity index (χ2v) is 6.00. The molecule has 26 heavy (non-hydrogen) atoms. The monoisotopic (exact) mass is 361 g/mol. The van der Waals surface area contributed by atoms with Crippen LogP contribution in [0.2, 0.25) is 0 Å². The van der Waals surface area contributed by atoms with Gasteiger partial charge in [0.2, 0.25) is 5.91 Å². The number of hydrogen-bond donors (Lipinski definition) is 1. The summed E-state index contributed by atoms with van der Waals surface area (Å²) in [7, 11) is 1.69. The Morgan fingerprint density at radius 2 is 1.96 bits per heavy atom. The molecule has 0 unspecified atom stereocenters. The molecule has 1 atom stereocenters. The molecule has 0 saturated heterocycles. The lowest BCUT2D eigenvalue weighted by Crippen LogP contribution is -2.35. The molecule has 0 fully saturated rings. The Morgan fingerprint density at radius 1 is 1.31 bits per heavy atom. The van der Waals surface area contributed by atoms with Gasteiger partial charge < -0.3 is 5.32 Å². The first-order valence-corrected chi connectivity index (χ1v) is 7.92. The van der Waals surface area contributed by atoms with E-state index in [0.717, 1.165) is 16.8 Å². The summed E-state index contributed by atoms with van der Waals surface area (Å²) in [6.45, 7) is 2.78. The maximum absolute atomic E-state index is 13.8. The molecule has 9 heteroatoms. The summed E-state index contributed by atoms with van der Waals surface area (Å²) in [4.78, 5) is 24.7. The van der Waals surface area contributed by atoms with E-state index in [2.05, 4.69) is 15.5 Å². The van der Waals surface area contributed by atoms with Crippen molar-refractivity contribution < 1.29 is 13.6 Å². The Bertz CT molecular complexity index is 1040. The summed E-state index contributed by atoms with van der Waals surface area (Å²) in [6, 6.07) is 2.58. The molecule has 2 aromatic heterocycles. The molecule has 0 aliphatic rings. The first-order valence-electron chi connectivity index (χ1n) is 7.92. The number of halogens is 2. The highest BCUT2D eigenvalue weighted by molar-refractivity contribution is 5.80. The Morgan fingerprint density at radius 3 is 2.62 bits per heavy atom. The van der Waals surface area contributed by atoms with Crippen LogP contribution >= 0.6 is 0 Å². The van der Waals surface area contributed by atoms with Gasteiger partial charge in [-0.05, 0) is 26.0 Å². The summed E-state index contributed by atoms with van der Waals surface area (Å²) >= 11 is 0. The third-order valence-corrected chi connectivity index (χ3v) is 4.14. The van der Waals surface area contributed by atoms with Crippen LogP contribution in [0.4, 0.5) is 8.78 Å². The van der Waals surface area contributed by atoms with E-state index >= 15 is 0 Å². The average Bonchev–Trinajstić information content (AvgIpc) is 2.84. The Kier molecular flexibility index (Phi) is 4.54. The molecule has 136 valence electrons. The van der Waals surface area contributed by atoms with Gasteiger partial charge in [0.25, 0.3) is 5.56 Å². The van der Waals surface area contributed by atoms with Crippen molar-refractivity contribution in [3.8, 4) is 0 Å². The summed E-state index contributed by atoms with van der Waals surface area (Å²) in [5.41, 5.74) is 0.407. The number of benzene rings is 1. The summed E-state index contributed by atoms with van der Waals surface area (Å²) in [5.74, 6) is -2.09. The number of hydrogen-bond acceptors (Lipinski definition) is 4. The quantitative estimate of drug-likeness (QED) is 0.765. The predicted octanol–water partition coefficient (Wildman–Crippen LogP) is 1.59. The van der Waals surface area contributed by atoms with Crippen LogP contribution in [0.5, 0.6) is 0 Å². The number of nitrogens with zero attached hydrogens (tertiary/aromatic N) is 4. The first-order chi connectivity index (χ1) is 12.3. The van der Waals surface area contributed by atoms with Gasteiger partial charge in [0, 0.05) is 12.6 Å². The number of fused-ring (bicyclic) bond motifs is 1. The fourth-order valence-electron chi connectivity index (χ4n) is 2.93. The number of amides is 1. The smallest absolute Gasteiger partial charge is 0.278 e. The number of aryl methyl sites for hydroxylation is 2. The highest BCUT2D eigenvalue weighted by Crippen LogP contribution is 2.20. The lowest BCUT2D eigenvalue weighted by Gasteiger charge is -2.16. The van der Waals surface area contributed by atoms with Crippen molar-refractivity contribution in [3.05, 3.63) is 57.6 Å². The maximum atomic E-state index is 13.8. The third-order valence-electron chi connectivity index (χ3n) is 4.14. The highest BCUT2D eigenvalue weighted by Gasteiger charge is 2.19. The second-order valence-electron chi connectivity index (χ2n) is 6.00. The van der Waals surface area contributed by atoms with Crippen molar-refractivity contribution in [2.24, 2.45) is 7.05 Å². The molecule has 0 aliphatic heterocycles. The van der Waals surface area contributed by atoms with E-state index in [-0.39, 0.29) is 12.1 Å². The van der Waals surface area contributed by atoms with E-state index in [1.54, 1.807) is 14.0 Å². The molecule has 7 nitrogen and oxygen atoms in total. The fraction of sp³-hybridized carbons (Fsp3) is 0.294. The lowest BCUT2D eigenvalue weighted by molar-refractivity contribution is -0.122. The van der Waals surface area contributed by atoms with Crippen molar-refractivity contribution in [1.82, 2.24) is 24.9 Å². The molecule has 0 aliphatic carbocycles. The topological polar surface area (TPSA) is 81.8 Å². The Labute approximate surface area is 147 Å². The molecule has 3 aromatic rings. The van der Waals surface area contributed by atoms with Gasteiger partial charge in [-0.1, -0.05) is 6.07 Å². The zero-order valence-corrected chi connectivity index (χ0v) is 14.5. The molecule has 2 heterocycles. The average molecular weight is 361 g/mol. The summed E-state index contributed by atoms with van der Waals surface area (Å²) in [5, 5.41) is 11.0. The predicted molar refractivity (Wildman–Crippen MR) is 90.4 cm³/mol. The van der Waals surface area contributed by atoms with Gasteiger partial charge in [0.1, 0.15) is 18.2 Å². The molecular weight excluding hydrogens is 344 g/mol. The van der Waals surface area contributed by atoms with E-state index < -0.39 is 29.1 Å². The van der Waals surface area contributed by atoms with Gasteiger partial charge in [-0.2, -0.15) is 10.2 Å². The minimum absolute atomic E-state index is 0.236. The molecule has 1 N–H and O–H groups in total. The zero-order valence-electron chi connectivity index (χ0n) is 14.5. The second kappa shape index (κ2) is 6.66. The molecule has 3 rings (SSSR count). The molecule has 1 aromatic carbocycles. The maximum Gasteiger partial charge on any atom is 0.278 e. The molecule has 0 bridgehead atoms. The number of aromatic nitrogens is 4. The van der Waals surface area contributed by atoms with Crippen LogP contribution < -0.4 is 10.9 Å². The van der Waals surface area contributed by atoms with Crippen LogP contribution in [-0.2, 0) is 18.4 Å². The minimum Gasteiger partial charge on any atom is -0.348 e. The Hall–Kier alpha value is -3.10. The van der Waals surface area contributed by atoms with E-state index in [4.69, 9.17) is 0 Å². The fourth-order valence-corrected chi connectivity index (χ4v) is 2.93. The van der Waals surface area contributed by atoms with Crippen molar-refractivity contribution in [2.45, 2.75) is 26.4 Å². The molecule has 0 saturated carbocycles. The normalized spacial score (nSPS) is 12.3. The van der Waals surface area contributed by atoms with Crippen LogP contribution in [0.25, 0.3) is 10.9 Å². The van der Waals surface area contributed by atoms with Crippen molar-refractivity contribution in [3.63, 3.8) is 0 Å². The first kappa shape index (κ1) is 17.7. The van der Waals surface area contributed by atoms with E-state index in [0.29, 0.717) is 16.6 Å². The van der Waals surface area contributed by atoms with Crippen molar-refractivity contribution >= 4 is 16.8 Å². The van der Waals surface area contributed by atoms with Crippen molar-refractivity contribution in [2.75, 3.05) is 0 Å².